The van der Waals surface area contributed by atoms with Crippen LogP contribution in [0.1, 0.15) is 49.7 Å². The van der Waals surface area contributed by atoms with E-state index >= 15 is 0 Å². The third-order valence-corrected chi connectivity index (χ3v) is 6.41. The average molecular weight is 464 g/mol. The van der Waals surface area contributed by atoms with Crippen molar-refractivity contribution in [3.05, 3.63) is 76.1 Å². The van der Waals surface area contributed by atoms with E-state index in [0.717, 1.165) is 11.3 Å². The van der Waals surface area contributed by atoms with Crippen molar-refractivity contribution in [1.29, 1.82) is 0 Å². The molecule has 7 nitrogen and oxygen atoms in total. The molecule has 1 aliphatic heterocycles. The second-order valence-electron chi connectivity index (χ2n) is 8.45. The molecule has 34 heavy (non-hydrogen) atoms. The number of benzene rings is 2. The number of methoxy groups -OCH3 is 2. The molecule has 0 unspecified atom stereocenters. The van der Waals surface area contributed by atoms with Crippen molar-refractivity contribution in [2.45, 2.75) is 38.5 Å². The fourth-order valence-corrected chi connectivity index (χ4v) is 4.90. The number of hydrogen-bond acceptors (Lipinski definition) is 7. The predicted molar refractivity (Wildman–Crippen MR) is 127 cm³/mol. The van der Waals surface area contributed by atoms with Crippen molar-refractivity contribution < 1.29 is 28.9 Å². The second kappa shape index (κ2) is 9.63. The van der Waals surface area contributed by atoms with Gasteiger partial charge in [-0.05, 0) is 61.6 Å². The number of aromatic hydroxyl groups is 1. The van der Waals surface area contributed by atoms with E-state index < -0.39 is 11.9 Å². The van der Waals surface area contributed by atoms with Gasteiger partial charge in [-0.15, -0.1) is 0 Å². The van der Waals surface area contributed by atoms with E-state index in [4.69, 9.17) is 14.2 Å². The average Bonchev–Trinajstić information content (AvgIpc) is 2.82. The number of rotatable bonds is 6. The zero-order chi connectivity index (χ0) is 24.4. The first-order valence-corrected chi connectivity index (χ1v) is 11.3. The molecule has 178 valence electrons. The monoisotopic (exact) mass is 463 g/mol. The van der Waals surface area contributed by atoms with Crippen LogP contribution >= 0.6 is 0 Å². The summed E-state index contributed by atoms with van der Waals surface area (Å²) >= 11 is 0. The molecule has 2 atom stereocenters. The summed E-state index contributed by atoms with van der Waals surface area (Å²) in [5.74, 6) is 0.137. The lowest BCUT2D eigenvalue weighted by Gasteiger charge is -2.36. The molecule has 2 N–H and O–H groups in total. The van der Waals surface area contributed by atoms with E-state index in [1.165, 1.54) is 0 Å². The lowest BCUT2D eigenvalue weighted by Crippen LogP contribution is -2.36. The second-order valence-corrected chi connectivity index (χ2v) is 8.45. The molecular weight excluding hydrogens is 434 g/mol. The van der Waals surface area contributed by atoms with E-state index in [-0.39, 0.29) is 24.1 Å². The number of phenolic OH excluding ortho intramolecular Hbond substituents is 1. The molecule has 1 aliphatic carbocycles. The Balaban J connectivity index is 1.78. The fraction of sp³-hybridized carbons (Fsp3) is 0.333. The van der Waals surface area contributed by atoms with Crippen molar-refractivity contribution in [2.24, 2.45) is 0 Å². The van der Waals surface area contributed by atoms with Crippen LogP contribution in [0.2, 0.25) is 0 Å². The highest BCUT2D eigenvalue weighted by molar-refractivity contribution is 6.04. The quantitative estimate of drug-likeness (QED) is 0.616. The van der Waals surface area contributed by atoms with Crippen LogP contribution < -0.4 is 14.8 Å². The summed E-state index contributed by atoms with van der Waals surface area (Å²) in [5, 5.41) is 13.4. The molecule has 0 bridgehead atoms. The lowest BCUT2D eigenvalue weighted by atomic mass is 9.71. The minimum absolute atomic E-state index is 0.0452. The number of ketones is 1. The summed E-state index contributed by atoms with van der Waals surface area (Å²) in [5.41, 5.74) is 4.03. The predicted octanol–water partition coefficient (Wildman–Crippen LogP) is 4.33. The number of dihydropyridines is 1. The van der Waals surface area contributed by atoms with Gasteiger partial charge in [0.2, 0.25) is 0 Å². The van der Waals surface area contributed by atoms with Crippen LogP contribution in [0.5, 0.6) is 17.2 Å². The number of carbonyl (C=O) groups is 2. The fourth-order valence-electron chi connectivity index (χ4n) is 4.90. The molecule has 0 saturated carbocycles. The van der Waals surface area contributed by atoms with E-state index in [1.807, 2.05) is 31.2 Å². The van der Waals surface area contributed by atoms with Crippen LogP contribution in [0.25, 0.3) is 0 Å². The van der Waals surface area contributed by atoms with Gasteiger partial charge >= 0.3 is 5.97 Å². The minimum Gasteiger partial charge on any atom is -0.508 e. The Kier molecular flexibility index (Phi) is 6.63. The Morgan fingerprint density at radius 3 is 2.50 bits per heavy atom. The van der Waals surface area contributed by atoms with Crippen molar-refractivity contribution in [3.63, 3.8) is 0 Å². The van der Waals surface area contributed by atoms with Crippen LogP contribution in [-0.2, 0) is 14.3 Å². The smallest absolute Gasteiger partial charge is 0.336 e. The number of Topliss-reactive ketones (excluding diaryl/α,β-unsaturated/α-hetero) is 1. The number of ether oxygens (including phenoxy) is 3. The highest BCUT2D eigenvalue weighted by Gasteiger charge is 2.41. The van der Waals surface area contributed by atoms with Gasteiger partial charge in [0.1, 0.15) is 5.75 Å². The molecule has 0 aromatic heterocycles. The summed E-state index contributed by atoms with van der Waals surface area (Å²) in [6.45, 7) is 3.79. The number of phenols is 1. The summed E-state index contributed by atoms with van der Waals surface area (Å²) in [6, 6.07) is 12.4. The topological polar surface area (TPSA) is 94.1 Å². The van der Waals surface area contributed by atoms with Crippen molar-refractivity contribution >= 4 is 11.8 Å². The molecule has 0 radical (unpaired) electrons. The number of allylic oxidation sites excluding steroid dienone is 3. The molecule has 0 saturated heterocycles. The highest BCUT2D eigenvalue weighted by Crippen LogP contribution is 2.46. The van der Waals surface area contributed by atoms with Crippen molar-refractivity contribution in [2.75, 3.05) is 20.8 Å². The summed E-state index contributed by atoms with van der Waals surface area (Å²) in [4.78, 5) is 26.5. The highest BCUT2D eigenvalue weighted by atomic mass is 16.5. The minimum atomic E-state index is -0.610. The number of carbonyl (C=O) groups excluding carboxylic acids is 2. The third kappa shape index (κ3) is 4.25. The SMILES string of the molecule is CCOC(=O)C1=C(C)NC2=C(C(=O)C[C@H](c3ccc(OC)c(OC)c3)C2)[C@H]1c1cccc(O)c1. The maximum Gasteiger partial charge on any atom is 0.336 e. The van der Waals surface area contributed by atoms with Gasteiger partial charge < -0.3 is 24.6 Å². The third-order valence-electron chi connectivity index (χ3n) is 6.41. The number of nitrogens with one attached hydrogen (secondary N) is 1. The van der Waals surface area contributed by atoms with Crippen LogP contribution in [0.3, 0.4) is 0 Å². The lowest BCUT2D eigenvalue weighted by molar-refractivity contribution is -0.138. The van der Waals surface area contributed by atoms with E-state index in [0.29, 0.717) is 46.7 Å². The van der Waals surface area contributed by atoms with Crippen LogP contribution in [-0.4, -0.2) is 37.7 Å². The zero-order valence-electron chi connectivity index (χ0n) is 19.8. The van der Waals surface area contributed by atoms with Gasteiger partial charge in [-0.1, -0.05) is 18.2 Å². The first-order valence-electron chi connectivity index (χ1n) is 11.3. The Morgan fingerprint density at radius 2 is 1.82 bits per heavy atom. The van der Waals surface area contributed by atoms with Gasteiger partial charge in [-0.25, -0.2) is 4.79 Å². The van der Waals surface area contributed by atoms with E-state index in [9.17, 15) is 14.7 Å². The van der Waals surface area contributed by atoms with Crippen LogP contribution in [0, 0.1) is 0 Å². The molecule has 0 fully saturated rings. The maximum absolute atomic E-state index is 13.6. The molecule has 2 aliphatic rings. The molecule has 0 amide bonds. The van der Waals surface area contributed by atoms with Gasteiger partial charge in [-0.2, -0.15) is 0 Å². The van der Waals surface area contributed by atoms with Crippen molar-refractivity contribution in [1.82, 2.24) is 5.32 Å². The molecule has 7 heteroatoms. The van der Waals surface area contributed by atoms with Gasteiger partial charge in [-0.3, -0.25) is 4.79 Å². The van der Waals surface area contributed by atoms with E-state index in [1.54, 1.807) is 39.3 Å². The number of hydrogen-bond donors (Lipinski definition) is 2. The van der Waals surface area contributed by atoms with Crippen LogP contribution in [0.4, 0.5) is 0 Å². The molecular formula is C27H29NO6. The Morgan fingerprint density at radius 1 is 1.06 bits per heavy atom. The maximum atomic E-state index is 13.6. The molecule has 2 aromatic rings. The van der Waals surface area contributed by atoms with Gasteiger partial charge in [0, 0.05) is 29.3 Å². The van der Waals surface area contributed by atoms with Gasteiger partial charge in [0.25, 0.3) is 0 Å². The Labute approximate surface area is 199 Å². The summed E-state index contributed by atoms with van der Waals surface area (Å²) in [7, 11) is 3.17. The van der Waals surface area contributed by atoms with E-state index in [2.05, 4.69) is 5.32 Å². The van der Waals surface area contributed by atoms with Gasteiger partial charge in [0.15, 0.2) is 17.3 Å². The first-order chi connectivity index (χ1) is 16.4. The standard InChI is InChI=1S/C27H29NO6/c1-5-34-27(31)24-15(2)28-20-12-18(16-9-10-22(32-3)23(14-16)33-4)13-21(30)26(20)25(24)17-7-6-8-19(29)11-17/h6-11,14,18,25,28-29H,5,12-13H2,1-4H3/t18-,25+/m1/s1. The first kappa shape index (κ1) is 23.4. The van der Waals surface area contributed by atoms with Crippen molar-refractivity contribution in [3.8, 4) is 17.2 Å². The largest absolute Gasteiger partial charge is 0.508 e. The zero-order valence-corrected chi connectivity index (χ0v) is 19.8. The molecule has 0 spiro atoms. The summed E-state index contributed by atoms with van der Waals surface area (Å²) < 4.78 is 16.1. The Bertz CT molecular complexity index is 1200. The molecule has 2 aromatic carbocycles. The number of esters is 1. The normalized spacial score (nSPS) is 19.9. The van der Waals surface area contributed by atoms with Crippen LogP contribution in [0.15, 0.2) is 65.0 Å². The Hall–Kier alpha value is -3.74. The van der Waals surface area contributed by atoms with Gasteiger partial charge in [0.05, 0.1) is 26.4 Å². The molecule has 4 rings (SSSR count). The molecule has 1 heterocycles. The summed E-state index contributed by atoms with van der Waals surface area (Å²) in [6.07, 6.45) is 0.889.